The van der Waals surface area contributed by atoms with Crippen LogP contribution >= 0.6 is 0 Å². The second-order valence-electron chi connectivity index (χ2n) is 6.90. The molecule has 0 radical (unpaired) electrons. The molecule has 148 valence electrons. The Morgan fingerprint density at radius 1 is 1.21 bits per heavy atom. The van der Waals surface area contributed by atoms with Gasteiger partial charge in [0.25, 0.3) is 5.69 Å². The van der Waals surface area contributed by atoms with Crippen LogP contribution in [0.5, 0.6) is 0 Å². The van der Waals surface area contributed by atoms with Crippen molar-refractivity contribution in [2.45, 2.75) is 25.8 Å². The van der Waals surface area contributed by atoms with Crippen LogP contribution in [-0.2, 0) is 4.79 Å². The minimum absolute atomic E-state index is 0.0470. The van der Waals surface area contributed by atoms with Crippen molar-refractivity contribution in [3.05, 3.63) is 69.8 Å². The van der Waals surface area contributed by atoms with Crippen molar-refractivity contribution in [3.8, 4) is 0 Å². The molecule has 1 aliphatic rings. The van der Waals surface area contributed by atoms with Crippen molar-refractivity contribution >= 4 is 17.3 Å². The molecular formula is C20H21F2N3O3. The van der Waals surface area contributed by atoms with E-state index in [1.807, 2.05) is 4.90 Å². The predicted molar refractivity (Wildman–Crippen MR) is 101 cm³/mol. The van der Waals surface area contributed by atoms with E-state index in [1.54, 1.807) is 25.1 Å². The van der Waals surface area contributed by atoms with E-state index in [2.05, 4.69) is 5.32 Å². The first-order valence-corrected chi connectivity index (χ1v) is 9.10. The maximum absolute atomic E-state index is 13.9. The van der Waals surface area contributed by atoms with Crippen LogP contribution in [0.1, 0.15) is 31.4 Å². The molecule has 0 saturated carbocycles. The van der Waals surface area contributed by atoms with E-state index >= 15 is 0 Å². The number of hydrogen-bond acceptors (Lipinski definition) is 4. The first kappa shape index (κ1) is 19.7. The second-order valence-corrected chi connectivity index (χ2v) is 6.90. The van der Waals surface area contributed by atoms with E-state index in [1.165, 1.54) is 12.1 Å². The average Bonchev–Trinajstić information content (AvgIpc) is 2.68. The van der Waals surface area contributed by atoms with Gasteiger partial charge in [0.2, 0.25) is 5.91 Å². The largest absolute Gasteiger partial charge is 0.366 e. The number of halogens is 2. The highest BCUT2D eigenvalue weighted by atomic mass is 19.1. The van der Waals surface area contributed by atoms with Gasteiger partial charge in [-0.1, -0.05) is 18.2 Å². The molecule has 28 heavy (non-hydrogen) atoms. The monoisotopic (exact) mass is 389 g/mol. The van der Waals surface area contributed by atoms with Gasteiger partial charge in [-0.25, -0.2) is 8.78 Å². The van der Waals surface area contributed by atoms with E-state index in [0.29, 0.717) is 31.6 Å². The third kappa shape index (κ3) is 4.27. The molecule has 3 rings (SSSR count). The number of carbonyl (C=O) groups is 1. The zero-order valence-corrected chi connectivity index (χ0v) is 15.4. The lowest BCUT2D eigenvalue weighted by Crippen LogP contribution is -2.41. The Kier molecular flexibility index (Phi) is 5.87. The standard InChI is InChI=1S/C20H21F2N3O3/c1-13(16-7-6-15(21)12-17(16)22)23-20(26)14-8-10-24(11-9-14)18-4-2-3-5-19(18)25(27)28/h2-7,12-14H,8-11H2,1H3,(H,23,26)/t13-/m1/s1. The number of hydrogen-bond donors (Lipinski definition) is 1. The molecule has 1 amide bonds. The van der Waals surface area contributed by atoms with E-state index in [9.17, 15) is 23.7 Å². The van der Waals surface area contributed by atoms with Crippen LogP contribution in [0, 0.1) is 27.7 Å². The maximum atomic E-state index is 13.9. The molecule has 1 heterocycles. The Hall–Kier alpha value is -3.03. The molecule has 1 aliphatic heterocycles. The summed E-state index contributed by atoms with van der Waals surface area (Å²) in [5.41, 5.74) is 0.825. The van der Waals surface area contributed by atoms with E-state index in [4.69, 9.17) is 0 Å². The van der Waals surface area contributed by atoms with Crippen LogP contribution in [0.4, 0.5) is 20.2 Å². The highest BCUT2D eigenvalue weighted by molar-refractivity contribution is 5.79. The quantitative estimate of drug-likeness (QED) is 0.620. The molecule has 0 unspecified atom stereocenters. The third-order valence-electron chi connectivity index (χ3n) is 5.07. The van der Waals surface area contributed by atoms with Gasteiger partial charge in [0, 0.05) is 36.7 Å². The fourth-order valence-corrected chi connectivity index (χ4v) is 3.53. The zero-order valence-electron chi connectivity index (χ0n) is 15.4. The Bertz CT molecular complexity index is 883. The van der Waals surface area contributed by atoms with Crippen LogP contribution in [-0.4, -0.2) is 23.9 Å². The van der Waals surface area contributed by atoms with Gasteiger partial charge < -0.3 is 10.2 Å². The summed E-state index contributed by atoms with van der Waals surface area (Å²) in [6.45, 7) is 2.68. The number of piperidine rings is 1. The van der Waals surface area contributed by atoms with Gasteiger partial charge >= 0.3 is 0 Å². The minimum atomic E-state index is -0.695. The van der Waals surface area contributed by atoms with Gasteiger partial charge in [0.1, 0.15) is 17.3 Å². The first-order valence-electron chi connectivity index (χ1n) is 9.10. The number of nitrogens with one attached hydrogen (secondary N) is 1. The number of nitro benzene ring substituents is 1. The summed E-state index contributed by atoms with van der Waals surface area (Å²) in [7, 11) is 0. The molecule has 2 aromatic rings. The average molecular weight is 389 g/mol. The summed E-state index contributed by atoms with van der Waals surface area (Å²) in [6.07, 6.45) is 1.08. The minimum Gasteiger partial charge on any atom is -0.366 e. The summed E-state index contributed by atoms with van der Waals surface area (Å²) in [5, 5.41) is 14.0. The zero-order chi connectivity index (χ0) is 20.3. The number of benzene rings is 2. The first-order chi connectivity index (χ1) is 13.4. The van der Waals surface area contributed by atoms with E-state index in [0.717, 1.165) is 12.1 Å². The lowest BCUT2D eigenvalue weighted by Gasteiger charge is -2.33. The SMILES string of the molecule is C[C@@H](NC(=O)C1CCN(c2ccccc2[N+](=O)[O-])CC1)c1ccc(F)cc1F. The highest BCUT2D eigenvalue weighted by Crippen LogP contribution is 2.31. The summed E-state index contributed by atoms with van der Waals surface area (Å²) in [6, 6.07) is 9.24. The Balaban J connectivity index is 1.60. The summed E-state index contributed by atoms with van der Waals surface area (Å²) in [4.78, 5) is 25.2. The summed E-state index contributed by atoms with van der Waals surface area (Å²) < 4.78 is 26.9. The van der Waals surface area contributed by atoms with Crippen LogP contribution in [0.15, 0.2) is 42.5 Å². The van der Waals surface area contributed by atoms with Crippen LogP contribution in [0.3, 0.4) is 0 Å². The lowest BCUT2D eigenvalue weighted by atomic mass is 9.94. The molecule has 1 atom stereocenters. The van der Waals surface area contributed by atoms with Gasteiger partial charge in [-0.15, -0.1) is 0 Å². The van der Waals surface area contributed by atoms with Gasteiger partial charge in [0.15, 0.2) is 0 Å². The Morgan fingerprint density at radius 3 is 2.54 bits per heavy atom. The van der Waals surface area contributed by atoms with Gasteiger partial charge in [-0.05, 0) is 31.9 Å². The number of nitrogens with zero attached hydrogens (tertiary/aromatic N) is 2. The number of anilines is 1. The fraction of sp³-hybridized carbons (Fsp3) is 0.350. The molecule has 1 fully saturated rings. The molecule has 0 spiro atoms. The van der Waals surface area contributed by atoms with Crippen molar-refractivity contribution < 1.29 is 18.5 Å². The molecule has 2 aromatic carbocycles. The molecular weight excluding hydrogens is 368 g/mol. The van der Waals surface area contributed by atoms with Crippen LogP contribution < -0.4 is 10.2 Å². The Labute approximate surface area is 161 Å². The van der Waals surface area contributed by atoms with E-state index in [-0.39, 0.29) is 23.1 Å². The topological polar surface area (TPSA) is 75.5 Å². The lowest BCUT2D eigenvalue weighted by molar-refractivity contribution is -0.384. The molecule has 0 bridgehead atoms. The summed E-state index contributed by atoms with van der Waals surface area (Å²) >= 11 is 0. The number of amides is 1. The smallest absolute Gasteiger partial charge is 0.292 e. The normalized spacial score (nSPS) is 15.9. The number of nitro groups is 1. The van der Waals surface area contributed by atoms with Gasteiger partial charge in [-0.3, -0.25) is 14.9 Å². The Morgan fingerprint density at radius 2 is 1.89 bits per heavy atom. The number of para-hydroxylation sites is 2. The highest BCUT2D eigenvalue weighted by Gasteiger charge is 2.29. The van der Waals surface area contributed by atoms with Crippen molar-refractivity contribution in [1.29, 1.82) is 0 Å². The number of carbonyl (C=O) groups excluding carboxylic acids is 1. The molecule has 8 heteroatoms. The van der Waals surface area contributed by atoms with Crippen LogP contribution in [0.2, 0.25) is 0 Å². The van der Waals surface area contributed by atoms with Crippen molar-refractivity contribution in [2.75, 3.05) is 18.0 Å². The fourth-order valence-electron chi connectivity index (χ4n) is 3.53. The predicted octanol–water partition coefficient (Wildman–Crippen LogP) is 3.97. The maximum Gasteiger partial charge on any atom is 0.292 e. The number of rotatable bonds is 5. The summed E-state index contributed by atoms with van der Waals surface area (Å²) in [5.74, 6) is -1.82. The van der Waals surface area contributed by atoms with Crippen LogP contribution in [0.25, 0.3) is 0 Å². The molecule has 1 N–H and O–H groups in total. The van der Waals surface area contributed by atoms with Gasteiger partial charge in [0.05, 0.1) is 11.0 Å². The second kappa shape index (κ2) is 8.33. The molecule has 0 aromatic heterocycles. The van der Waals surface area contributed by atoms with Crippen molar-refractivity contribution in [2.24, 2.45) is 5.92 Å². The molecule has 1 saturated heterocycles. The van der Waals surface area contributed by atoms with E-state index < -0.39 is 22.6 Å². The van der Waals surface area contributed by atoms with Crippen molar-refractivity contribution in [3.63, 3.8) is 0 Å². The van der Waals surface area contributed by atoms with Crippen molar-refractivity contribution in [1.82, 2.24) is 5.32 Å². The third-order valence-corrected chi connectivity index (χ3v) is 5.07. The molecule has 6 nitrogen and oxygen atoms in total. The van der Waals surface area contributed by atoms with Gasteiger partial charge in [-0.2, -0.15) is 0 Å². The molecule has 0 aliphatic carbocycles.